The topological polar surface area (TPSA) is 38.5 Å². The summed E-state index contributed by atoms with van der Waals surface area (Å²) in [4.78, 5) is 7.40. The number of hydrogen-bond acceptors (Lipinski definition) is 2. The first kappa shape index (κ1) is 12.2. The standard InChI is InChI=1S/C14H16N4S/c1-9(2)10-4-5-11-13(17(3)14(19)16-11)12(10)18-7-6-15-8-18/h4-9H,1-3H3,(H,16,19). The molecule has 0 saturated heterocycles. The highest BCUT2D eigenvalue weighted by Crippen LogP contribution is 2.30. The quantitative estimate of drug-likeness (QED) is 0.725. The first-order valence-electron chi connectivity index (χ1n) is 6.29. The zero-order valence-electron chi connectivity index (χ0n) is 11.2. The van der Waals surface area contributed by atoms with Crippen LogP contribution >= 0.6 is 12.2 Å². The van der Waals surface area contributed by atoms with E-state index < -0.39 is 0 Å². The number of nitrogens with one attached hydrogen (secondary N) is 1. The van der Waals surface area contributed by atoms with Gasteiger partial charge >= 0.3 is 0 Å². The molecule has 4 nitrogen and oxygen atoms in total. The van der Waals surface area contributed by atoms with Crippen molar-refractivity contribution in [1.82, 2.24) is 19.1 Å². The molecule has 0 spiro atoms. The predicted octanol–water partition coefficient (Wildman–Crippen LogP) is 3.54. The highest BCUT2D eigenvalue weighted by Gasteiger charge is 2.15. The molecular formula is C14H16N4S. The molecule has 0 aliphatic carbocycles. The molecule has 0 saturated carbocycles. The van der Waals surface area contributed by atoms with E-state index >= 15 is 0 Å². The van der Waals surface area contributed by atoms with Crippen molar-refractivity contribution in [2.45, 2.75) is 19.8 Å². The molecule has 5 heteroatoms. The van der Waals surface area contributed by atoms with Gasteiger partial charge in [-0.05, 0) is 29.8 Å². The smallest absolute Gasteiger partial charge is 0.177 e. The lowest BCUT2D eigenvalue weighted by molar-refractivity contribution is 0.842. The first-order chi connectivity index (χ1) is 9.09. The maximum atomic E-state index is 5.33. The molecule has 0 unspecified atom stereocenters. The van der Waals surface area contributed by atoms with Crippen LogP contribution in [-0.2, 0) is 7.05 Å². The van der Waals surface area contributed by atoms with E-state index in [9.17, 15) is 0 Å². The van der Waals surface area contributed by atoms with Crippen LogP contribution in [0.3, 0.4) is 0 Å². The number of aryl methyl sites for hydroxylation is 1. The summed E-state index contributed by atoms with van der Waals surface area (Å²) in [5.41, 5.74) is 4.62. The fourth-order valence-electron chi connectivity index (χ4n) is 2.46. The Morgan fingerprint density at radius 2 is 2.11 bits per heavy atom. The fourth-order valence-corrected chi connectivity index (χ4v) is 2.67. The molecule has 19 heavy (non-hydrogen) atoms. The lowest BCUT2D eigenvalue weighted by Gasteiger charge is -2.15. The van der Waals surface area contributed by atoms with E-state index in [2.05, 4.69) is 40.5 Å². The van der Waals surface area contributed by atoms with E-state index in [1.807, 2.05) is 24.1 Å². The van der Waals surface area contributed by atoms with Gasteiger partial charge in [-0.1, -0.05) is 19.9 Å². The van der Waals surface area contributed by atoms with Crippen LogP contribution < -0.4 is 0 Å². The summed E-state index contributed by atoms with van der Waals surface area (Å²) < 4.78 is 4.81. The van der Waals surface area contributed by atoms with Crippen LogP contribution in [0.2, 0.25) is 0 Å². The van der Waals surface area contributed by atoms with E-state index in [0.717, 1.165) is 21.5 Å². The van der Waals surface area contributed by atoms with Gasteiger partial charge in [-0.2, -0.15) is 0 Å². The molecule has 0 atom stereocenters. The third kappa shape index (κ3) is 1.81. The Morgan fingerprint density at radius 3 is 2.74 bits per heavy atom. The monoisotopic (exact) mass is 272 g/mol. The number of fused-ring (bicyclic) bond motifs is 1. The van der Waals surface area contributed by atoms with Crippen molar-refractivity contribution in [2.24, 2.45) is 7.05 Å². The molecule has 0 aliphatic heterocycles. The Bertz CT molecular complexity index is 778. The van der Waals surface area contributed by atoms with Crippen molar-refractivity contribution in [3.05, 3.63) is 41.2 Å². The van der Waals surface area contributed by atoms with Gasteiger partial charge in [-0.3, -0.25) is 0 Å². The summed E-state index contributed by atoms with van der Waals surface area (Å²) in [5, 5.41) is 0. The normalized spacial score (nSPS) is 11.6. The molecular weight excluding hydrogens is 256 g/mol. The van der Waals surface area contributed by atoms with E-state index in [0.29, 0.717) is 5.92 Å². The number of aromatic amines is 1. The van der Waals surface area contributed by atoms with Crippen LogP contribution in [0.5, 0.6) is 0 Å². The van der Waals surface area contributed by atoms with E-state index in [-0.39, 0.29) is 0 Å². The molecule has 3 rings (SSSR count). The van der Waals surface area contributed by atoms with Crippen molar-refractivity contribution >= 4 is 23.3 Å². The third-order valence-corrected chi connectivity index (χ3v) is 3.82. The largest absolute Gasteiger partial charge is 0.331 e. The molecule has 98 valence electrons. The van der Waals surface area contributed by atoms with E-state index in [1.54, 1.807) is 6.20 Å². The average Bonchev–Trinajstić information content (AvgIpc) is 2.98. The fraction of sp³-hybridized carbons (Fsp3) is 0.286. The predicted molar refractivity (Wildman–Crippen MR) is 79.3 cm³/mol. The molecule has 0 bridgehead atoms. The molecule has 1 aromatic carbocycles. The second-order valence-corrected chi connectivity index (χ2v) is 5.40. The zero-order chi connectivity index (χ0) is 13.6. The number of rotatable bonds is 2. The summed E-state index contributed by atoms with van der Waals surface area (Å²) >= 11 is 5.33. The molecule has 0 amide bonds. The van der Waals surface area contributed by atoms with Crippen molar-refractivity contribution in [3.8, 4) is 5.69 Å². The van der Waals surface area contributed by atoms with Gasteiger partial charge in [-0.25, -0.2) is 4.98 Å². The van der Waals surface area contributed by atoms with Gasteiger partial charge in [0.15, 0.2) is 4.77 Å². The maximum Gasteiger partial charge on any atom is 0.177 e. The van der Waals surface area contributed by atoms with Gasteiger partial charge in [0.2, 0.25) is 0 Å². The summed E-state index contributed by atoms with van der Waals surface area (Å²) in [6.45, 7) is 4.39. The number of benzene rings is 1. The van der Waals surface area contributed by atoms with Gasteiger partial charge in [-0.15, -0.1) is 0 Å². The van der Waals surface area contributed by atoms with Crippen LogP contribution in [0.1, 0.15) is 25.3 Å². The molecule has 0 fully saturated rings. The summed E-state index contributed by atoms with van der Waals surface area (Å²) in [6.07, 6.45) is 5.59. The minimum atomic E-state index is 0.435. The lowest BCUT2D eigenvalue weighted by Crippen LogP contribution is -2.03. The molecule has 0 radical (unpaired) electrons. The Hall–Kier alpha value is -1.88. The second-order valence-electron chi connectivity index (χ2n) is 5.01. The number of aromatic nitrogens is 4. The van der Waals surface area contributed by atoms with Crippen LogP contribution in [0.25, 0.3) is 16.7 Å². The second kappa shape index (κ2) is 4.35. The van der Waals surface area contributed by atoms with Crippen molar-refractivity contribution in [2.75, 3.05) is 0 Å². The minimum absolute atomic E-state index is 0.435. The lowest BCUT2D eigenvalue weighted by atomic mass is 10.00. The summed E-state index contributed by atoms with van der Waals surface area (Å²) in [5.74, 6) is 0.435. The third-order valence-electron chi connectivity index (χ3n) is 3.45. The van der Waals surface area contributed by atoms with Crippen molar-refractivity contribution in [1.29, 1.82) is 0 Å². The van der Waals surface area contributed by atoms with Gasteiger partial charge < -0.3 is 14.1 Å². The molecule has 0 aliphatic rings. The van der Waals surface area contributed by atoms with Crippen molar-refractivity contribution < 1.29 is 0 Å². The highest BCUT2D eigenvalue weighted by atomic mass is 32.1. The number of nitrogens with zero attached hydrogens (tertiary/aromatic N) is 3. The number of hydrogen-bond donors (Lipinski definition) is 1. The Labute approximate surface area is 116 Å². The SMILES string of the molecule is CC(C)c1ccc2[nH]c(=S)n(C)c2c1-n1ccnc1. The van der Waals surface area contributed by atoms with E-state index in [4.69, 9.17) is 12.2 Å². The zero-order valence-corrected chi connectivity index (χ0v) is 12.0. The van der Waals surface area contributed by atoms with Gasteiger partial charge in [0.25, 0.3) is 0 Å². The Morgan fingerprint density at radius 1 is 1.32 bits per heavy atom. The highest BCUT2D eigenvalue weighted by molar-refractivity contribution is 7.71. The van der Waals surface area contributed by atoms with Crippen LogP contribution in [0.15, 0.2) is 30.9 Å². The van der Waals surface area contributed by atoms with Crippen LogP contribution in [0, 0.1) is 4.77 Å². The molecule has 2 aromatic heterocycles. The minimum Gasteiger partial charge on any atom is -0.331 e. The number of imidazole rings is 2. The van der Waals surface area contributed by atoms with Gasteiger partial charge in [0.1, 0.15) is 0 Å². The van der Waals surface area contributed by atoms with Gasteiger partial charge in [0, 0.05) is 19.4 Å². The van der Waals surface area contributed by atoms with E-state index in [1.165, 1.54) is 5.56 Å². The Balaban J connectivity index is 2.49. The molecule has 3 aromatic rings. The van der Waals surface area contributed by atoms with Crippen LogP contribution in [0.4, 0.5) is 0 Å². The Kier molecular flexibility index (Phi) is 2.78. The first-order valence-corrected chi connectivity index (χ1v) is 6.70. The summed E-state index contributed by atoms with van der Waals surface area (Å²) in [7, 11) is 1.99. The average molecular weight is 272 g/mol. The number of H-pyrrole nitrogens is 1. The van der Waals surface area contributed by atoms with Crippen molar-refractivity contribution in [3.63, 3.8) is 0 Å². The molecule has 1 N–H and O–H groups in total. The molecule has 2 heterocycles. The van der Waals surface area contributed by atoms with Crippen LogP contribution in [-0.4, -0.2) is 19.1 Å². The summed E-state index contributed by atoms with van der Waals surface area (Å²) in [6, 6.07) is 4.26. The maximum absolute atomic E-state index is 5.33. The van der Waals surface area contributed by atoms with Gasteiger partial charge in [0.05, 0.1) is 23.0 Å².